The molecule has 2 aliphatic heterocycles. The molecule has 4 rings (SSSR count). The van der Waals surface area contributed by atoms with Crippen molar-refractivity contribution in [2.45, 2.75) is 31.6 Å². The molecule has 30 heavy (non-hydrogen) atoms. The maximum Gasteiger partial charge on any atom is 0.414 e. The van der Waals surface area contributed by atoms with Crippen molar-refractivity contribution in [3.8, 4) is 0 Å². The zero-order valence-corrected chi connectivity index (χ0v) is 16.5. The Morgan fingerprint density at radius 1 is 1.17 bits per heavy atom. The second-order valence-corrected chi connectivity index (χ2v) is 7.30. The number of cyclic esters (lactones) is 1. The number of carbonyl (C=O) groups excluding carboxylic acids is 2. The zero-order valence-electron chi connectivity index (χ0n) is 16.5. The summed E-state index contributed by atoms with van der Waals surface area (Å²) in [5, 5.41) is 9.21. The summed E-state index contributed by atoms with van der Waals surface area (Å²) in [6.07, 6.45) is 11.3. The molecule has 1 N–H and O–H groups in total. The van der Waals surface area contributed by atoms with Gasteiger partial charge in [-0.05, 0) is 23.6 Å². The second kappa shape index (κ2) is 9.00. The van der Waals surface area contributed by atoms with Crippen molar-refractivity contribution < 1.29 is 24.2 Å². The van der Waals surface area contributed by atoms with E-state index in [9.17, 15) is 14.7 Å². The molecule has 7 nitrogen and oxygen atoms in total. The number of nitrogens with zero attached hydrogens (tertiary/aromatic N) is 2. The van der Waals surface area contributed by atoms with Crippen molar-refractivity contribution in [2.75, 3.05) is 13.2 Å². The topological polar surface area (TPSA) is 79.3 Å². The van der Waals surface area contributed by atoms with Crippen molar-refractivity contribution in [1.29, 1.82) is 0 Å². The Balaban J connectivity index is 1.38. The van der Waals surface area contributed by atoms with Gasteiger partial charge in [0, 0.05) is 18.3 Å². The molecular formula is C23H24N2O5. The van der Waals surface area contributed by atoms with Crippen LogP contribution in [0.5, 0.6) is 0 Å². The van der Waals surface area contributed by atoms with Crippen LogP contribution in [0.25, 0.3) is 0 Å². The average Bonchev–Trinajstić information content (AvgIpc) is 3.19. The van der Waals surface area contributed by atoms with Crippen molar-refractivity contribution in [3.05, 3.63) is 83.7 Å². The fourth-order valence-electron chi connectivity index (χ4n) is 3.72. The van der Waals surface area contributed by atoms with E-state index in [1.165, 1.54) is 0 Å². The van der Waals surface area contributed by atoms with E-state index in [-0.39, 0.29) is 19.3 Å². The standard InChI is InChI=1S/C23H24N2O5/c26-15-20-14-25(23(28)30-20)19-11-9-18(10-12-19)21-8-4-5-13-24(21)22(27)29-16-17-6-2-1-3-7-17/h1-9,12-13,20-21,26H,10-11,14-16H2. The predicted molar refractivity (Wildman–Crippen MR) is 110 cm³/mol. The van der Waals surface area contributed by atoms with Gasteiger partial charge in [-0.1, -0.05) is 54.6 Å². The highest BCUT2D eigenvalue weighted by Crippen LogP contribution is 2.29. The van der Waals surface area contributed by atoms with Crippen molar-refractivity contribution >= 4 is 12.2 Å². The van der Waals surface area contributed by atoms with Gasteiger partial charge in [0.05, 0.1) is 19.2 Å². The number of aliphatic hydroxyl groups excluding tert-OH is 1. The minimum Gasteiger partial charge on any atom is -0.444 e. The summed E-state index contributed by atoms with van der Waals surface area (Å²) in [5.74, 6) is 0. The Morgan fingerprint density at radius 3 is 2.70 bits per heavy atom. The fourth-order valence-corrected chi connectivity index (χ4v) is 3.72. The maximum absolute atomic E-state index is 12.7. The van der Waals surface area contributed by atoms with Gasteiger partial charge in [-0.3, -0.25) is 9.80 Å². The van der Waals surface area contributed by atoms with Crippen LogP contribution in [0.4, 0.5) is 9.59 Å². The number of amides is 2. The molecule has 0 spiro atoms. The lowest BCUT2D eigenvalue weighted by Crippen LogP contribution is -2.38. The number of carbonyl (C=O) groups is 2. The van der Waals surface area contributed by atoms with Crippen LogP contribution >= 0.6 is 0 Å². The molecule has 156 valence electrons. The molecule has 0 saturated carbocycles. The van der Waals surface area contributed by atoms with Crippen LogP contribution in [-0.2, 0) is 16.1 Å². The number of hydrogen-bond donors (Lipinski definition) is 1. The summed E-state index contributed by atoms with van der Waals surface area (Å²) in [6, 6.07) is 9.33. The Bertz CT molecular complexity index is 919. The highest BCUT2D eigenvalue weighted by molar-refractivity contribution is 5.73. The fraction of sp³-hybridized carbons (Fsp3) is 0.304. The summed E-state index contributed by atoms with van der Waals surface area (Å²) in [5.41, 5.74) is 2.84. The van der Waals surface area contributed by atoms with Crippen LogP contribution in [0, 0.1) is 0 Å². The Labute approximate surface area is 175 Å². The van der Waals surface area contributed by atoms with Crippen LogP contribution in [0.1, 0.15) is 18.4 Å². The predicted octanol–water partition coefficient (Wildman–Crippen LogP) is 3.49. The van der Waals surface area contributed by atoms with E-state index < -0.39 is 18.3 Å². The third-order valence-corrected chi connectivity index (χ3v) is 5.32. The minimum absolute atomic E-state index is 0.185. The molecule has 0 radical (unpaired) electrons. The molecule has 2 amide bonds. The van der Waals surface area contributed by atoms with Crippen molar-refractivity contribution in [3.63, 3.8) is 0 Å². The van der Waals surface area contributed by atoms with E-state index in [4.69, 9.17) is 9.47 Å². The molecule has 1 aromatic rings. The van der Waals surface area contributed by atoms with Gasteiger partial charge >= 0.3 is 12.2 Å². The molecule has 3 aliphatic rings. The quantitative estimate of drug-likeness (QED) is 0.755. The van der Waals surface area contributed by atoms with Gasteiger partial charge in [0.25, 0.3) is 0 Å². The molecule has 2 unspecified atom stereocenters. The van der Waals surface area contributed by atoms with Crippen LogP contribution in [0.15, 0.2) is 78.2 Å². The molecular weight excluding hydrogens is 384 g/mol. The monoisotopic (exact) mass is 408 g/mol. The van der Waals surface area contributed by atoms with E-state index in [0.29, 0.717) is 19.4 Å². The first-order valence-corrected chi connectivity index (χ1v) is 9.96. The van der Waals surface area contributed by atoms with Gasteiger partial charge in [0.15, 0.2) is 0 Å². The third-order valence-electron chi connectivity index (χ3n) is 5.32. The molecule has 0 aromatic heterocycles. The number of allylic oxidation sites excluding steroid dienone is 4. The normalized spacial score (nSPS) is 23.2. The van der Waals surface area contributed by atoms with E-state index in [2.05, 4.69) is 0 Å². The molecule has 1 saturated heterocycles. The Hall–Kier alpha value is -3.32. The third kappa shape index (κ3) is 4.31. The SMILES string of the molecule is O=C1OC(CO)CN1C1=CCC(C2C=CC=CN2C(=O)OCc2ccccc2)=CC1. The average molecular weight is 408 g/mol. The van der Waals surface area contributed by atoms with Crippen molar-refractivity contribution in [2.24, 2.45) is 0 Å². The number of hydrogen-bond acceptors (Lipinski definition) is 5. The Kier molecular flexibility index (Phi) is 5.99. The molecule has 1 aliphatic carbocycles. The Morgan fingerprint density at radius 2 is 2.00 bits per heavy atom. The zero-order chi connectivity index (χ0) is 20.9. The number of ether oxygens (including phenoxy) is 2. The first-order valence-electron chi connectivity index (χ1n) is 9.96. The highest BCUT2D eigenvalue weighted by Gasteiger charge is 2.34. The molecule has 1 fully saturated rings. The summed E-state index contributed by atoms with van der Waals surface area (Å²) < 4.78 is 10.6. The van der Waals surface area contributed by atoms with E-state index in [1.807, 2.05) is 54.6 Å². The van der Waals surface area contributed by atoms with Gasteiger partial charge < -0.3 is 14.6 Å². The van der Waals surface area contributed by atoms with Crippen LogP contribution in [0.3, 0.4) is 0 Å². The van der Waals surface area contributed by atoms with E-state index >= 15 is 0 Å². The summed E-state index contributed by atoms with van der Waals surface area (Å²) in [6.45, 7) is 0.386. The number of rotatable bonds is 5. The smallest absolute Gasteiger partial charge is 0.414 e. The molecule has 7 heteroatoms. The van der Waals surface area contributed by atoms with Gasteiger partial charge in [0.2, 0.25) is 0 Å². The largest absolute Gasteiger partial charge is 0.444 e. The molecule has 2 atom stereocenters. The van der Waals surface area contributed by atoms with Crippen molar-refractivity contribution in [1.82, 2.24) is 9.80 Å². The summed E-state index contributed by atoms with van der Waals surface area (Å²) >= 11 is 0. The minimum atomic E-state index is -0.481. The maximum atomic E-state index is 12.7. The van der Waals surface area contributed by atoms with Crippen LogP contribution < -0.4 is 0 Å². The highest BCUT2D eigenvalue weighted by atomic mass is 16.6. The van der Waals surface area contributed by atoms with E-state index in [0.717, 1.165) is 16.8 Å². The number of benzene rings is 1. The van der Waals surface area contributed by atoms with Gasteiger partial charge in [-0.25, -0.2) is 9.59 Å². The van der Waals surface area contributed by atoms with Gasteiger partial charge in [0.1, 0.15) is 12.7 Å². The number of aliphatic hydroxyl groups is 1. The van der Waals surface area contributed by atoms with Gasteiger partial charge in [-0.15, -0.1) is 0 Å². The lowest BCUT2D eigenvalue weighted by Gasteiger charge is -2.31. The first-order chi connectivity index (χ1) is 14.7. The van der Waals surface area contributed by atoms with Crippen LogP contribution in [0.2, 0.25) is 0 Å². The lowest BCUT2D eigenvalue weighted by atomic mass is 9.94. The lowest BCUT2D eigenvalue weighted by molar-refractivity contribution is 0.0951. The molecule has 0 bridgehead atoms. The van der Waals surface area contributed by atoms with Crippen LogP contribution in [-0.4, -0.2) is 52.4 Å². The second-order valence-electron chi connectivity index (χ2n) is 7.30. The summed E-state index contributed by atoms with van der Waals surface area (Å²) in [4.78, 5) is 27.8. The molecule has 1 aromatic carbocycles. The first kappa shape index (κ1) is 20.0. The van der Waals surface area contributed by atoms with E-state index in [1.54, 1.807) is 22.1 Å². The summed E-state index contributed by atoms with van der Waals surface area (Å²) in [7, 11) is 0. The molecule has 2 heterocycles. The van der Waals surface area contributed by atoms with Gasteiger partial charge in [-0.2, -0.15) is 0 Å².